The molecule has 1 unspecified atom stereocenters. The summed E-state index contributed by atoms with van der Waals surface area (Å²) in [4.78, 5) is 12.8. The normalized spacial score (nSPS) is 19.2. The molecule has 1 heterocycles. The van der Waals surface area contributed by atoms with Crippen LogP contribution in [0.25, 0.3) is 0 Å². The fourth-order valence-corrected chi connectivity index (χ4v) is 2.39. The van der Waals surface area contributed by atoms with E-state index in [1.54, 1.807) is 12.1 Å². The van der Waals surface area contributed by atoms with Crippen LogP contribution < -0.4 is 10.2 Å². The van der Waals surface area contributed by atoms with Crippen LogP contribution in [-0.4, -0.2) is 30.6 Å². The van der Waals surface area contributed by atoms with E-state index < -0.39 is 0 Å². The van der Waals surface area contributed by atoms with Crippen LogP contribution in [0.2, 0.25) is 0 Å². The van der Waals surface area contributed by atoms with E-state index in [1.807, 2.05) is 19.1 Å². The second kappa shape index (κ2) is 5.14. The van der Waals surface area contributed by atoms with Crippen LogP contribution in [0.1, 0.15) is 13.3 Å². The van der Waals surface area contributed by atoms with Crippen molar-refractivity contribution in [2.45, 2.75) is 19.4 Å². The topological polar surface area (TPSA) is 58.4 Å². The lowest BCUT2D eigenvalue weighted by Gasteiger charge is -2.28. The van der Waals surface area contributed by atoms with Gasteiger partial charge in [-0.25, -0.2) is 0 Å². The van der Waals surface area contributed by atoms with Crippen molar-refractivity contribution in [3.05, 3.63) is 34.4 Å². The van der Waals surface area contributed by atoms with Gasteiger partial charge < -0.3 is 10.2 Å². The van der Waals surface area contributed by atoms with Crippen molar-refractivity contribution in [1.82, 2.24) is 5.32 Å². The maximum Gasteiger partial charge on any atom is 0.292 e. The van der Waals surface area contributed by atoms with Crippen LogP contribution in [0.5, 0.6) is 0 Å². The highest BCUT2D eigenvalue weighted by Gasteiger charge is 2.26. The third-order valence-electron chi connectivity index (χ3n) is 3.20. The Kier molecular flexibility index (Phi) is 3.58. The number of likely N-dealkylation sites (N-methyl/N-ethyl adjacent to an activating group) is 1. The van der Waals surface area contributed by atoms with Crippen molar-refractivity contribution in [3.63, 3.8) is 0 Å². The first-order valence-electron chi connectivity index (χ1n) is 5.94. The van der Waals surface area contributed by atoms with Gasteiger partial charge in [0.25, 0.3) is 5.69 Å². The second-order valence-electron chi connectivity index (χ2n) is 4.18. The van der Waals surface area contributed by atoms with Crippen LogP contribution in [-0.2, 0) is 0 Å². The Morgan fingerprint density at radius 3 is 2.88 bits per heavy atom. The van der Waals surface area contributed by atoms with E-state index >= 15 is 0 Å². The molecule has 1 saturated heterocycles. The van der Waals surface area contributed by atoms with Crippen LogP contribution in [0.4, 0.5) is 11.4 Å². The zero-order valence-electron chi connectivity index (χ0n) is 9.93. The number of nitro benzene ring substituents is 1. The lowest BCUT2D eigenvalue weighted by Crippen LogP contribution is -2.37. The zero-order valence-corrected chi connectivity index (χ0v) is 9.93. The van der Waals surface area contributed by atoms with Gasteiger partial charge in [-0.05, 0) is 26.0 Å². The predicted octanol–water partition coefficient (Wildman–Crippen LogP) is 1.78. The number of nitrogens with one attached hydrogen (secondary N) is 1. The van der Waals surface area contributed by atoms with E-state index in [9.17, 15) is 10.1 Å². The number of hydrogen-bond donors (Lipinski definition) is 1. The number of para-hydroxylation sites is 2. The van der Waals surface area contributed by atoms with Gasteiger partial charge >= 0.3 is 0 Å². The SMILES string of the molecule is CCN(c1ccccc1[N+](=O)[O-])C1CCNC1. The lowest BCUT2D eigenvalue weighted by atomic mass is 10.1. The summed E-state index contributed by atoms with van der Waals surface area (Å²) in [6, 6.07) is 7.33. The zero-order chi connectivity index (χ0) is 12.3. The fraction of sp³-hybridized carbons (Fsp3) is 0.500. The van der Waals surface area contributed by atoms with Gasteiger partial charge in [0.1, 0.15) is 5.69 Å². The number of nitrogens with zero attached hydrogens (tertiary/aromatic N) is 2. The average molecular weight is 235 g/mol. The van der Waals surface area contributed by atoms with Gasteiger partial charge in [0.2, 0.25) is 0 Å². The molecule has 0 radical (unpaired) electrons. The molecule has 17 heavy (non-hydrogen) atoms. The lowest BCUT2D eigenvalue weighted by molar-refractivity contribution is -0.384. The Hall–Kier alpha value is -1.62. The molecule has 0 amide bonds. The van der Waals surface area contributed by atoms with Crippen molar-refractivity contribution < 1.29 is 4.92 Å². The van der Waals surface area contributed by atoms with Crippen molar-refractivity contribution in [2.24, 2.45) is 0 Å². The molecular formula is C12H17N3O2. The van der Waals surface area contributed by atoms with Gasteiger partial charge in [-0.1, -0.05) is 12.1 Å². The molecule has 92 valence electrons. The van der Waals surface area contributed by atoms with Crippen molar-refractivity contribution in [3.8, 4) is 0 Å². The molecule has 0 spiro atoms. The largest absolute Gasteiger partial charge is 0.362 e. The molecule has 1 N–H and O–H groups in total. The Morgan fingerprint density at radius 1 is 1.53 bits per heavy atom. The average Bonchev–Trinajstić information content (AvgIpc) is 2.84. The summed E-state index contributed by atoms with van der Waals surface area (Å²) in [6.07, 6.45) is 1.04. The number of nitro groups is 1. The van der Waals surface area contributed by atoms with E-state index in [4.69, 9.17) is 0 Å². The minimum absolute atomic E-state index is 0.196. The van der Waals surface area contributed by atoms with Gasteiger partial charge in [-0.2, -0.15) is 0 Å². The molecule has 0 bridgehead atoms. The molecule has 0 aliphatic carbocycles. The number of hydrogen-bond acceptors (Lipinski definition) is 4. The van der Waals surface area contributed by atoms with E-state index in [0.29, 0.717) is 6.04 Å². The van der Waals surface area contributed by atoms with Gasteiger partial charge in [-0.3, -0.25) is 10.1 Å². The number of benzene rings is 1. The standard InChI is InChI=1S/C12H17N3O2/c1-2-14(10-7-8-13-9-10)11-5-3-4-6-12(11)15(16)17/h3-6,10,13H,2,7-9H2,1H3. The first kappa shape index (κ1) is 11.9. The molecule has 1 atom stereocenters. The molecule has 5 nitrogen and oxygen atoms in total. The van der Waals surface area contributed by atoms with E-state index in [2.05, 4.69) is 10.2 Å². The van der Waals surface area contributed by atoms with Gasteiger partial charge in [-0.15, -0.1) is 0 Å². The van der Waals surface area contributed by atoms with E-state index in [0.717, 1.165) is 31.7 Å². The highest BCUT2D eigenvalue weighted by Crippen LogP contribution is 2.30. The van der Waals surface area contributed by atoms with Crippen molar-refractivity contribution in [1.29, 1.82) is 0 Å². The van der Waals surface area contributed by atoms with Gasteiger partial charge in [0.15, 0.2) is 0 Å². The number of anilines is 1. The summed E-state index contributed by atoms with van der Waals surface area (Å²) in [7, 11) is 0. The van der Waals surface area contributed by atoms with Crippen LogP contribution in [0.15, 0.2) is 24.3 Å². The second-order valence-corrected chi connectivity index (χ2v) is 4.18. The Bertz CT molecular complexity index is 402. The maximum atomic E-state index is 11.0. The minimum Gasteiger partial charge on any atom is -0.362 e. The molecule has 1 aliphatic heterocycles. The summed E-state index contributed by atoms with van der Waals surface area (Å²) >= 11 is 0. The van der Waals surface area contributed by atoms with Crippen LogP contribution in [0.3, 0.4) is 0 Å². The van der Waals surface area contributed by atoms with Gasteiger partial charge in [0, 0.05) is 25.2 Å². The molecule has 2 rings (SSSR count). The molecule has 1 fully saturated rings. The quantitative estimate of drug-likeness (QED) is 0.638. The molecule has 0 aromatic heterocycles. The Balaban J connectivity index is 2.32. The maximum absolute atomic E-state index is 11.0. The highest BCUT2D eigenvalue weighted by atomic mass is 16.6. The summed E-state index contributed by atoms with van der Waals surface area (Å²) in [6.45, 7) is 4.72. The number of rotatable bonds is 4. The molecule has 0 saturated carbocycles. The monoisotopic (exact) mass is 235 g/mol. The highest BCUT2D eigenvalue weighted by molar-refractivity contribution is 5.63. The molecular weight excluding hydrogens is 218 g/mol. The van der Waals surface area contributed by atoms with Crippen LogP contribution in [0, 0.1) is 10.1 Å². The van der Waals surface area contributed by atoms with Crippen LogP contribution >= 0.6 is 0 Å². The van der Waals surface area contributed by atoms with Crippen molar-refractivity contribution in [2.75, 3.05) is 24.5 Å². The summed E-state index contributed by atoms with van der Waals surface area (Å²) in [5.41, 5.74) is 0.926. The Morgan fingerprint density at radius 2 is 2.29 bits per heavy atom. The predicted molar refractivity (Wildman–Crippen MR) is 67.4 cm³/mol. The molecule has 1 aromatic rings. The van der Waals surface area contributed by atoms with Gasteiger partial charge in [0.05, 0.1) is 4.92 Å². The van der Waals surface area contributed by atoms with E-state index in [1.165, 1.54) is 0 Å². The summed E-state index contributed by atoms with van der Waals surface area (Å²) in [5, 5.41) is 14.3. The molecule has 5 heteroatoms. The minimum atomic E-state index is -0.305. The summed E-state index contributed by atoms with van der Waals surface area (Å²) < 4.78 is 0. The third-order valence-corrected chi connectivity index (χ3v) is 3.20. The van der Waals surface area contributed by atoms with Crippen molar-refractivity contribution >= 4 is 11.4 Å². The molecule has 1 aliphatic rings. The first-order chi connectivity index (χ1) is 8.24. The smallest absolute Gasteiger partial charge is 0.292 e. The third kappa shape index (κ3) is 2.39. The summed E-state index contributed by atoms with van der Waals surface area (Å²) in [5.74, 6) is 0. The fourth-order valence-electron chi connectivity index (χ4n) is 2.39. The first-order valence-corrected chi connectivity index (χ1v) is 5.94. The van der Waals surface area contributed by atoms with E-state index in [-0.39, 0.29) is 10.6 Å². The molecule has 1 aromatic carbocycles. The Labute approximate surface area is 101 Å².